The molecule has 1 aromatic carbocycles. The molecular weight excluding hydrogens is 218 g/mol. The highest BCUT2D eigenvalue weighted by Crippen LogP contribution is 2.35. The van der Waals surface area contributed by atoms with Crippen LogP contribution in [-0.4, -0.2) is 12.6 Å². The second-order valence-corrected chi connectivity index (χ2v) is 5.93. The molecule has 18 heavy (non-hydrogen) atoms. The van der Waals surface area contributed by atoms with Gasteiger partial charge in [-0.15, -0.1) is 0 Å². The van der Waals surface area contributed by atoms with Crippen molar-refractivity contribution in [2.45, 2.75) is 58.4 Å². The number of rotatable bonds is 5. The summed E-state index contributed by atoms with van der Waals surface area (Å²) in [7, 11) is 0. The lowest BCUT2D eigenvalue weighted by atomic mass is 9.78. The van der Waals surface area contributed by atoms with E-state index >= 15 is 0 Å². The normalized spacial score (nSPS) is 20.8. The molecule has 0 amide bonds. The molecule has 0 heterocycles. The summed E-state index contributed by atoms with van der Waals surface area (Å²) in [5.41, 5.74) is 3.21. The van der Waals surface area contributed by atoms with Crippen molar-refractivity contribution in [3.05, 3.63) is 35.4 Å². The zero-order valence-corrected chi connectivity index (χ0v) is 12.1. The summed E-state index contributed by atoms with van der Waals surface area (Å²) in [5, 5.41) is 3.66. The summed E-state index contributed by atoms with van der Waals surface area (Å²) in [4.78, 5) is 0. The first-order valence-corrected chi connectivity index (χ1v) is 7.53. The molecule has 100 valence electrons. The predicted octanol–water partition coefficient (Wildman–Crippen LogP) is 4.13. The third-order valence-corrected chi connectivity index (χ3v) is 4.30. The Morgan fingerprint density at radius 2 is 2.06 bits per heavy atom. The third-order valence-electron chi connectivity index (χ3n) is 4.30. The molecule has 0 aromatic heterocycles. The maximum atomic E-state index is 3.66. The minimum Gasteiger partial charge on any atom is -0.314 e. The predicted molar refractivity (Wildman–Crippen MR) is 79.0 cm³/mol. The van der Waals surface area contributed by atoms with Crippen molar-refractivity contribution in [1.29, 1.82) is 0 Å². The molecule has 0 saturated heterocycles. The highest BCUT2D eigenvalue weighted by Gasteiger charge is 2.24. The Morgan fingerprint density at radius 1 is 1.28 bits per heavy atom. The van der Waals surface area contributed by atoms with Gasteiger partial charge in [0.1, 0.15) is 0 Å². The average molecular weight is 245 g/mol. The van der Waals surface area contributed by atoms with Crippen molar-refractivity contribution in [2.24, 2.45) is 5.92 Å². The van der Waals surface area contributed by atoms with Crippen molar-refractivity contribution in [3.8, 4) is 0 Å². The zero-order chi connectivity index (χ0) is 13.0. The lowest BCUT2D eigenvalue weighted by molar-refractivity contribution is 0.344. The van der Waals surface area contributed by atoms with Crippen LogP contribution < -0.4 is 5.32 Å². The van der Waals surface area contributed by atoms with Crippen LogP contribution in [0.5, 0.6) is 0 Å². The molecule has 2 rings (SSSR count). The van der Waals surface area contributed by atoms with Crippen LogP contribution in [-0.2, 0) is 6.42 Å². The highest BCUT2D eigenvalue weighted by atomic mass is 14.9. The van der Waals surface area contributed by atoms with Gasteiger partial charge >= 0.3 is 0 Å². The fourth-order valence-corrected chi connectivity index (χ4v) is 3.26. The van der Waals surface area contributed by atoms with Gasteiger partial charge in [0.15, 0.2) is 0 Å². The largest absolute Gasteiger partial charge is 0.314 e. The van der Waals surface area contributed by atoms with E-state index in [0.717, 1.165) is 18.4 Å². The molecule has 0 fully saturated rings. The van der Waals surface area contributed by atoms with E-state index in [0.29, 0.717) is 6.04 Å². The molecule has 1 aliphatic carbocycles. The van der Waals surface area contributed by atoms with Crippen LogP contribution in [0.2, 0.25) is 0 Å². The maximum Gasteiger partial charge on any atom is 0.00957 e. The van der Waals surface area contributed by atoms with Crippen LogP contribution in [0, 0.1) is 5.92 Å². The molecule has 0 saturated carbocycles. The first kappa shape index (κ1) is 13.6. The van der Waals surface area contributed by atoms with Gasteiger partial charge in [0.05, 0.1) is 0 Å². The van der Waals surface area contributed by atoms with Gasteiger partial charge in [-0.1, -0.05) is 45.0 Å². The van der Waals surface area contributed by atoms with Crippen molar-refractivity contribution < 1.29 is 0 Å². The summed E-state index contributed by atoms with van der Waals surface area (Å²) in [5.74, 6) is 1.49. The van der Waals surface area contributed by atoms with Gasteiger partial charge in [-0.25, -0.2) is 0 Å². The Morgan fingerprint density at radius 3 is 2.78 bits per heavy atom. The number of hydrogen-bond donors (Lipinski definition) is 1. The molecule has 0 spiro atoms. The second kappa shape index (κ2) is 6.38. The van der Waals surface area contributed by atoms with Gasteiger partial charge in [0.2, 0.25) is 0 Å². The molecular formula is C17H27N. The van der Waals surface area contributed by atoms with Gasteiger partial charge in [-0.3, -0.25) is 0 Å². The Labute approximate surface area is 112 Å². The topological polar surface area (TPSA) is 12.0 Å². The van der Waals surface area contributed by atoms with E-state index in [4.69, 9.17) is 0 Å². The molecule has 0 bridgehead atoms. The molecule has 1 aromatic rings. The van der Waals surface area contributed by atoms with Crippen molar-refractivity contribution in [3.63, 3.8) is 0 Å². The van der Waals surface area contributed by atoms with Crippen molar-refractivity contribution in [1.82, 2.24) is 5.32 Å². The summed E-state index contributed by atoms with van der Waals surface area (Å²) in [6, 6.07) is 9.72. The number of aryl methyl sites for hydroxylation is 1. The van der Waals surface area contributed by atoms with E-state index in [-0.39, 0.29) is 0 Å². The minimum absolute atomic E-state index is 0.658. The molecule has 1 nitrogen and oxygen atoms in total. The smallest absolute Gasteiger partial charge is 0.00957 e. The summed E-state index contributed by atoms with van der Waals surface area (Å²) in [6.07, 6.45) is 5.30. The summed E-state index contributed by atoms with van der Waals surface area (Å²) < 4.78 is 0. The molecule has 2 unspecified atom stereocenters. The van der Waals surface area contributed by atoms with Crippen LogP contribution in [0.15, 0.2) is 24.3 Å². The lowest BCUT2D eigenvalue weighted by Crippen LogP contribution is -2.35. The Balaban J connectivity index is 2.10. The molecule has 1 aliphatic rings. The first-order chi connectivity index (χ1) is 8.72. The molecule has 2 atom stereocenters. The Hall–Kier alpha value is -0.820. The second-order valence-electron chi connectivity index (χ2n) is 5.93. The monoisotopic (exact) mass is 245 g/mol. The average Bonchev–Trinajstić information content (AvgIpc) is 2.38. The van der Waals surface area contributed by atoms with Crippen LogP contribution >= 0.6 is 0 Å². The number of fused-ring (bicyclic) bond motifs is 1. The molecule has 0 aliphatic heterocycles. The first-order valence-electron chi connectivity index (χ1n) is 7.53. The zero-order valence-electron chi connectivity index (χ0n) is 12.1. The van der Waals surface area contributed by atoms with Gasteiger partial charge in [-0.05, 0) is 55.2 Å². The van der Waals surface area contributed by atoms with E-state index in [1.54, 1.807) is 11.1 Å². The number of benzene rings is 1. The quantitative estimate of drug-likeness (QED) is 0.822. The third kappa shape index (κ3) is 3.14. The van der Waals surface area contributed by atoms with Crippen molar-refractivity contribution in [2.75, 3.05) is 6.54 Å². The summed E-state index contributed by atoms with van der Waals surface area (Å²) in [6.45, 7) is 7.96. The molecule has 0 radical (unpaired) electrons. The number of nitrogens with one attached hydrogen (secondary N) is 1. The fraction of sp³-hybridized carbons (Fsp3) is 0.647. The lowest BCUT2D eigenvalue weighted by Gasteiger charge is -2.31. The minimum atomic E-state index is 0.658. The molecule has 1 N–H and O–H groups in total. The Bertz CT molecular complexity index is 370. The van der Waals surface area contributed by atoms with E-state index in [1.807, 2.05) is 0 Å². The SMILES string of the molecule is CCNC(CC1CCCc2ccccc21)C(C)C. The van der Waals surface area contributed by atoms with E-state index in [1.165, 1.54) is 25.7 Å². The van der Waals surface area contributed by atoms with Crippen LogP contribution in [0.1, 0.15) is 57.1 Å². The summed E-state index contributed by atoms with van der Waals surface area (Å²) >= 11 is 0. The van der Waals surface area contributed by atoms with Gasteiger partial charge < -0.3 is 5.32 Å². The van der Waals surface area contributed by atoms with Gasteiger partial charge in [0, 0.05) is 6.04 Å². The van der Waals surface area contributed by atoms with Crippen LogP contribution in [0.25, 0.3) is 0 Å². The van der Waals surface area contributed by atoms with Crippen LogP contribution in [0.3, 0.4) is 0 Å². The number of hydrogen-bond acceptors (Lipinski definition) is 1. The fourth-order valence-electron chi connectivity index (χ4n) is 3.26. The highest BCUT2D eigenvalue weighted by molar-refractivity contribution is 5.32. The van der Waals surface area contributed by atoms with E-state index in [9.17, 15) is 0 Å². The van der Waals surface area contributed by atoms with Gasteiger partial charge in [-0.2, -0.15) is 0 Å². The Kier molecular flexibility index (Phi) is 4.82. The van der Waals surface area contributed by atoms with E-state index < -0.39 is 0 Å². The maximum absolute atomic E-state index is 3.66. The molecule has 1 heteroatoms. The van der Waals surface area contributed by atoms with Crippen LogP contribution in [0.4, 0.5) is 0 Å². The van der Waals surface area contributed by atoms with E-state index in [2.05, 4.69) is 50.4 Å². The standard InChI is InChI=1S/C17H27N/c1-4-18-17(13(2)3)12-15-10-7-9-14-8-5-6-11-16(14)15/h5-6,8,11,13,15,17-18H,4,7,9-10,12H2,1-3H3. The van der Waals surface area contributed by atoms with Gasteiger partial charge in [0.25, 0.3) is 0 Å². The van der Waals surface area contributed by atoms with Crippen molar-refractivity contribution >= 4 is 0 Å².